The Balaban J connectivity index is 1.30. The topological polar surface area (TPSA) is 99.7 Å². The summed E-state index contributed by atoms with van der Waals surface area (Å²) in [6, 6.07) is 31.3. The molecule has 9 heteroatoms. The number of ether oxygens (including phenoxy) is 1. The molecule has 0 radical (unpaired) electrons. The molecular formula is C36H38ClN3O4S. The predicted molar refractivity (Wildman–Crippen MR) is 183 cm³/mol. The number of anilines is 1. The smallest absolute Gasteiger partial charge is 0.405 e. The number of hydrogen-bond acceptors (Lipinski definition) is 5. The van der Waals surface area contributed by atoms with E-state index >= 15 is 0 Å². The number of hydrogen-bond donors (Lipinski definition) is 5. The fourth-order valence-corrected chi connectivity index (χ4v) is 6.67. The van der Waals surface area contributed by atoms with Gasteiger partial charge in [-0.15, -0.1) is 0 Å². The van der Waals surface area contributed by atoms with Crippen LogP contribution in [-0.4, -0.2) is 48.4 Å². The number of carbonyl (C=O) groups excluding carboxylic acids is 1. The standard InChI is InChI=1S/C36H38ClN3O4S/c1-23-20-27(37)17-19-29(23)34(45)31-22-38-21-28(44-31)18-16-24-10-8-9-15-30(24)39-35(41)33(40-36(42)43)32(25-11-4-2-5-12-25)26-13-6-3-7-14-26/h2-15,17,19-20,28,31-34,38,40,45H,16,18,21-22H2,1H3,(H,39,41)(H,42,43)/t28-,31+,33+,34?/m1/s1. The van der Waals surface area contributed by atoms with Gasteiger partial charge in [0.2, 0.25) is 5.91 Å². The highest BCUT2D eigenvalue weighted by Crippen LogP contribution is 2.33. The van der Waals surface area contributed by atoms with Crippen LogP contribution in [0.1, 0.15) is 45.4 Å². The van der Waals surface area contributed by atoms with E-state index in [-0.39, 0.29) is 17.5 Å². The highest BCUT2D eigenvalue weighted by molar-refractivity contribution is 7.80. The van der Waals surface area contributed by atoms with Crippen LogP contribution in [0.25, 0.3) is 0 Å². The van der Waals surface area contributed by atoms with Gasteiger partial charge in [0, 0.05) is 29.7 Å². The minimum absolute atomic E-state index is 0.0447. The zero-order valence-corrected chi connectivity index (χ0v) is 26.7. The summed E-state index contributed by atoms with van der Waals surface area (Å²) in [6.07, 6.45) is -0.0448. The van der Waals surface area contributed by atoms with Crippen LogP contribution < -0.4 is 16.0 Å². The second-order valence-electron chi connectivity index (χ2n) is 11.3. The van der Waals surface area contributed by atoms with E-state index in [4.69, 9.17) is 29.0 Å². The summed E-state index contributed by atoms with van der Waals surface area (Å²) in [6.45, 7) is 3.44. The number of para-hydroxylation sites is 1. The van der Waals surface area contributed by atoms with Gasteiger partial charge in [0.05, 0.1) is 17.5 Å². The Morgan fingerprint density at radius 1 is 0.956 bits per heavy atom. The number of nitrogens with one attached hydrogen (secondary N) is 3. The third kappa shape index (κ3) is 8.47. The van der Waals surface area contributed by atoms with E-state index in [0.717, 1.165) is 34.2 Å². The van der Waals surface area contributed by atoms with Crippen LogP contribution in [0, 0.1) is 6.92 Å². The molecule has 45 heavy (non-hydrogen) atoms. The van der Waals surface area contributed by atoms with E-state index in [0.29, 0.717) is 30.2 Å². The van der Waals surface area contributed by atoms with Gasteiger partial charge in [-0.25, -0.2) is 4.79 Å². The number of amides is 2. The first-order chi connectivity index (χ1) is 21.8. The van der Waals surface area contributed by atoms with Gasteiger partial charge in [-0.2, -0.15) is 12.6 Å². The maximum atomic E-state index is 13.9. The first-order valence-corrected chi connectivity index (χ1v) is 16.0. The van der Waals surface area contributed by atoms with Crippen molar-refractivity contribution >= 4 is 41.9 Å². The molecule has 4 aromatic rings. The number of rotatable bonds is 11. The maximum absolute atomic E-state index is 13.9. The molecule has 234 valence electrons. The molecule has 0 saturated carbocycles. The molecule has 0 spiro atoms. The van der Waals surface area contributed by atoms with Crippen LogP contribution in [0.4, 0.5) is 10.5 Å². The van der Waals surface area contributed by atoms with Crippen LogP contribution in [0.2, 0.25) is 5.02 Å². The van der Waals surface area contributed by atoms with Gasteiger partial charge < -0.3 is 25.8 Å². The van der Waals surface area contributed by atoms with Crippen molar-refractivity contribution in [2.45, 2.75) is 49.2 Å². The Kier molecular flexibility index (Phi) is 11.2. The van der Waals surface area contributed by atoms with Gasteiger partial charge in [0.25, 0.3) is 0 Å². The number of thiol groups is 1. The van der Waals surface area contributed by atoms with Gasteiger partial charge in [-0.05, 0) is 65.8 Å². The summed E-state index contributed by atoms with van der Waals surface area (Å²) < 4.78 is 6.51. The minimum Gasteiger partial charge on any atom is -0.465 e. The molecular weight excluding hydrogens is 606 g/mol. The fraction of sp³-hybridized carbons (Fsp3) is 0.278. The molecule has 5 rings (SSSR count). The Labute approximate surface area is 274 Å². The Morgan fingerprint density at radius 3 is 2.24 bits per heavy atom. The number of aryl methyl sites for hydroxylation is 2. The highest BCUT2D eigenvalue weighted by Gasteiger charge is 2.33. The zero-order valence-electron chi connectivity index (χ0n) is 25.0. The van der Waals surface area contributed by atoms with Crippen molar-refractivity contribution in [2.24, 2.45) is 0 Å². The van der Waals surface area contributed by atoms with Crippen molar-refractivity contribution in [2.75, 3.05) is 18.4 Å². The third-order valence-corrected chi connectivity index (χ3v) is 9.06. The predicted octanol–water partition coefficient (Wildman–Crippen LogP) is 7.02. The van der Waals surface area contributed by atoms with Crippen LogP contribution in [0.3, 0.4) is 0 Å². The van der Waals surface area contributed by atoms with Gasteiger partial charge in [0.15, 0.2) is 0 Å². The Morgan fingerprint density at radius 2 is 1.60 bits per heavy atom. The summed E-state index contributed by atoms with van der Waals surface area (Å²) in [5, 5.41) is 19.4. The van der Waals surface area contributed by atoms with Crippen molar-refractivity contribution in [3.8, 4) is 0 Å². The average molecular weight is 644 g/mol. The number of morpholine rings is 1. The number of carboxylic acid groups (broad SMARTS) is 1. The first kappa shape index (κ1) is 32.6. The molecule has 1 aliphatic rings. The van der Waals surface area contributed by atoms with E-state index < -0.39 is 24.0 Å². The van der Waals surface area contributed by atoms with Gasteiger partial charge in [-0.3, -0.25) is 4.79 Å². The lowest BCUT2D eigenvalue weighted by Gasteiger charge is -2.34. The molecule has 1 aliphatic heterocycles. The molecule has 4 N–H and O–H groups in total. The molecule has 1 heterocycles. The van der Waals surface area contributed by atoms with Gasteiger partial charge >= 0.3 is 6.09 Å². The lowest BCUT2D eigenvalue weighted by Crippen LogP contribution is -2.47. The molecule has 1 unspecified atom stereocenters. The van der Waals surface area contributed by atoms with Crippen molar-refractivity contribution in [3.05, 3.63) is 136 Å². The molecule has 4 atom stereocenters. The lowest BCUT2D eigenvalue weighted by molar-refractivity contribution is -0.118. The summed E-state index contributed by atoms with van der Waals surface area (Å²) in [4.78, 5) is 25.9. The maximum Gasteiger partial charge on any atom is 0.405 e. The molecule has 0 aliphatic carbocycles. The summed E-state index contributed by atoms with van der Waals surface area (Å²) in [5.41, 5.74) is 5.42. The molecule has 1 fully saturated rings. The molecule has 0 aromatic heterocycles. The second kappa shape index (κ2) is 15.5. The average Bonchev–Trinajstić information content (AvgIpc) is 3.05. The minimum atomic E-state index is -1.27. The Bertz CT molecular complexity index is 1550. The fourth-order valence-electron chi connectivity index (χ4n) is 5.98. The van der Waals surface area contributed by atoms with Crippen molar-refractivity contribution in [1.82, 2.24) is 10.6 Å². The molecule has 4 aromatic carbocycles. The van der Waals surface area contributed by atoms with E-state index in [2.05, 4.69) is 16.0 Å². The summed E-state index contributed by atoms with van der Waals surface area (Å²) >= 11 is 11.1. The molecule has 7 nitrogen and oxygen atoms in total. The molecule has 2 amide bonds. The molecule has 0 bridgehead atoms. The van der Waals surface area contributed by atoms with E-state index in [1.807, 2.05) is 110 Å². The normalized spacial score (nSPS) is 17.8. The van der Waals surface area contributed by atoms with Crippen LogP contribution in [-0.2, 0) is 16.0 Å². The molecule has 1 saturated heterocycles. The number of carbonyl (C=O) groups is 2. The van der Waals surface area contributed by atoms with Crippen molar-refractivity contribution < 1.29 is 19.4 Å². The quantitative estimate of drug-likeness (QED) is 0.113. The van der Waals surface area contributed by atoms with Crippen LogP contribution in [0.15, 0.2) is 103 Å². The summed E-state index contributed by atoms with van der Waals surface area (Å²) in [5.74, 6) is -0.970. The zero-order chi connectivity index (χ0) is 31.8. The highest BCUT2D eigenvalue weighted by atomic mass is 35.5. The summed E-state index contributed by atoms with van der Waals surface area (Å²) in [7, 11) is 0. The first-order valence-electron chi connectivity index (χ1n) is 15.1. The lowest BCUT2D eigenvalue weighted by atomic mass is 9.84. The van der Waals surface area contributed by atoms with Crippen LogP contribution in [0.5, 0.6) is 0 Å². The number of halogens is 1. The largest absolute Gasteiger partial charge is 0.465 e. The third-order valence-electron chi connectivity index (χ3n) is 8.21. The number of benzene rings is 4. The van der Waals surface area contributed by atoms with Crippen LogP contribution >= 0.6 is 24.2 Å². The van der Waals surface area contributed by atoms with E-state index in [1.54, 1.807) is 0 Å². The SMILES string of the molecule is Cc1cc(Cl)ccc1C(S)[C@@H]1CNC[C@@H](CCc2ccccc2NC(=O)[C@@H](NC(=O)O)C(c2ccccc2)c2ccccc2)O1. The van der Waals surface area contributed by atoms with Gasteiger partial charge in [0.1, 0.15) is 6.04 Å². The van der Waals surface area contributed by atoms with Crippen molar-refractivity contribution in [1.29, 1.82) is 0 Å². The second-order valence-corrected chi connectivity index (χ2v) is 12.3. The van der Waals surface area contributed by atoms with Gasteiger partial charge in [-0.1, -0.05) is 96.5 Å². The van der Waals surface area contributed by atoms with E-state index in [9.17, 15) is 14.7 Å². The van der Waals surface area contributed by atoms with E-state index in [1.165, 1.54) is 0 Å². The monoisotopic (exact) mass is 643 g/mol. The Hall–Kier alpha value is -3.82. The van der Waals surface area contributed by atoms with Crippen molar-refractivity contribution in [3.63, 3.8) is 0 Å².